The van der Waals surface area contributed by atoms with E-state index in [4.69, 9.17) is 4.74 Å². The summed E-state index contributed by atoms with van der Waals surface area (Å²) < 4.78 is 7.39. The summed E-state index contributed by atoms with van der Waals surface area (Å²) in [5.74, 6) is 0.0226. The van der Waals surface area contributed by atoms with Crippen LogP contribution in [0.5, 0.6) is 5.75 Å². The Balaban J connectivity index is 1.66. The van der Waals surface area contributed by atoms with Crippen molar-refractivity contribution in [2.24, 2.45) is 0 Å². The summed E-state index contributed by atoms with van der Waals surface area (Å²) in [5, 5.41) is 6.55. The maximum absolute atomic E-state index is 12.4. The molecule has 6 heteroatoms. The fraction of sp³-hybridized carbons (Fsp3) is 0.238. The second kappa shape index (κ2) is 8.40. The first-order valence-electron chi connectivity index (χ1n) is 8.97. The molecule has 0 aliphatic rings. The van der Waals surface area contributed by atoms with Crippen molar-refractivity contribution in [2.75, 3.05) is 11.9 Å². The fourth-order valence-corrected chi connectivity index (χ4v) is 2.90. The van der Waals surface area contributed by atoms with E-state index < -0.39 is 0 Å². The highest BCUT2D eigenvalue weighted by Crippen LogP contribution is 2.21. The number of amides is 2. The first-order valence-corrected chi connectivity index (χ1v) is 8.97. The predicted octanol–water partition coefficient (Wildman–Crippen LogP) is 4.09. The van der Waals surface area contributed by atoms with E-state index in [0.717, 1.165) is 23.0 Å². The minimum absolute atomic E-state index is 0.119. The largest absolute Gasteiger partial charge is 0.425 e. The number of nitrogens with one attached hydrogen (secondary N) is 2. The number of hydrogen-bond donors (Lipinski definition) is 2. The topological polar surface area (TPSA) is 72.4 Å². The lowest BCUT2D eigenvalue weighted by atomic mass is 10.2. The van der Waals surface area contributed by atoms with Crippen molar-refractivity contribution >= 4 is 28.6 Å². The highest BCUT2D eigenvalue weighted by molar-refractivity contribution is 5.89. The van der Waals surface area contributed by atoms with Crippen molar-refractivity contribution in [3.05, 3.63) is 60.3 Å². The average Bonchev–Trinajstić information content (AvgIpc) is 2.96. The van der Waals surface area contributed by atoms with Gasteiger partial charge in [-0.05, 0) is 43.0 Å². The molecular formula is C21H23N3O3. The molecular weight excluding hydrogens is 342 g/mol. The number of carbonyl (C=O) groups is 2. The van der Waals surface area contributed by atoms with E-state index in [1.54, 1.807) is 24.3 Å². The number of aromatic nitrogens is 1. The van der Waals surface area contributed by atoms with Crippen LogP contribution in [0.15, 0.2) is 54.6 Å². The summed E-state index contributed by atoms with van der Waals surface area (Å²) >= 11 is 0. The number of rotatable bonds is 6. The summed E-state index contributed by atoms with van der Waals surface area (Å²) in [4.78, 5) is 24.2. The molecule has 2 aromatic carbocycles. The van der Waals surface area contributed by atoms with E-state index in [2.05, 4.69) is 10.6 Å². The Kier molecular flexibility index (Phi) is 5.76. The van der Waals surface area contributed by atoms with Gasteiger partial charge in [0.05, 0.1) is 0 Å². The molecule has 27 heavy (non-hydrogen) atoms. The number of aryl methyl sites for hydroxylation is 1. The third-order valence-electron chi connectivity index (χ3n) is 4.16. The molecule has 0 unspecified atom stereocenters. The van der Waals surface area contributed by atoms with Crippen LogP contribution in [0.3, 0.4) is 0 Å². The van der Waals surface area contributed by atoms with Crippen molar-refractivity contribution in [1.82, 2.24) is 9.88 Å². The summed E-state index contributed by atoms with van der Waals surface area (Å²) in [6.45, 7) is 4.67. The first kappa shape index (κ1) is 18.5. The minimum atomic E-state index is -0.368. The lowest BCUT2D eigenvalue weighted by molar-refractivity contribution is -0.135. The molecule has 0 atom stereocenters. The number of para-hydroxylation sites is 1. The number of hydrogen-bond acceptors (Lipinski definition) is 3. The molecule has 3 aromatic rings. The fourth-order valence-electron chi connectivity index (χ4n) is 2.90. The maximum Gasteiger partial charge on any atom is 0.331 e. The van der Waals surface area contributed by atoms with E-state index in [0.29, 0.717) is 18.0 Å². The lowest BCUT2D eigenvalue weighted by Gasteiger charge is -2.10. The molecule has 0 bridgehead atoms. The van der Waals surface area contributed by atoms with E-state index in [1.807, 2.05) is 48.7 Å². The second-order valence-corrected chi connectivity index (χ2v) is 6.31. The van der Waals surface area contributed by atoms with Crippen molar-refractivity contribution in [1.29, 1.82) is 0 Å². The van der Waals surface area contributed by atoms with Gasteiger partial charge in [-0.25, -0.2) is 9.59 Å². The van der Waals surface area contributed by atoms with E-state index in [1.165, 1.54) is 0 Å². The van der Waals surface area contributed by atoms with Crippen LogP contribution in [-0.2, 0) is 11.3 Å². The van der Waals surface area contributed by atoms with Gasteiger partial charge in [-0.1, -0.05) is 31.2 Å². The molecule has 0 saturated heterocycles. The van der Waals surface area contributed by atoms with Gasteiger partial charge in [0.25, 0.3) is 0 Å². The van der Waals surface area contributed by atoms with Gasteiger partial charge in [-0.15, -0.1) is 0 Å². The number of fused-ring (bicyclic) bond motifs is 1. The second-order valence-electron chi connectivity index (χ2n) is 6.31. The van der Waals surface area contributed by atoms with Gasteiger partial charge in [-0.2, -0.15) is 0 Å². The molecule has 1 aromatic heterocycles. The molecule has 6 nitrogen and oxygen atoms in total. The van der Waals surface area contributed by atoms with Gasteiger partial charge in [0.15, 0.2) is 0 Å². The van der Waals surface area contributed by atoms with Crippen molar-refractivity contribution in [2.45, 2.75) is 26.8 Å². The summed E-state index contributed by atoms with van der Waals surface area (Å²) in [6.07, 6.45) is 0.860. The van der Waals surface area contributed by atoms with Gasteiger partial charge in [0.2, 0.25) is 0 Å². The molecule has 0 aliphatic carbocycles. The monoisotopic (exact) mass is 365 g/mol. The summed E-state index contributed by atoms with van der Waals surface area (Å²) in [5.41, 5.74) is 2.56. The Morgan fingerprint density at radius 2 is 1.89 bits per heavy atom. The minimum Gasteiger partial charge on any atom is -0.425 e. The van der Waals surface area contributed by atoms with Crippen LogP contribution in [0, 0.1) is 6.92 Å². The molecule has 2 N–H and O–H groups in total. The van der Waals surface area contributed by atoms with Gasteiger partial charge in [-0.3, -0.25) is 0 Å². The molecule has 3 rings (SSSR count). The van der Waals surface area contributed by atoms with Crippen LogP contribution in [0.1, 0.15) is 19.0 Å². The molecule has 0 radical (unpaired) electrons. The number of benzene rings is 2. The Morgan fingerprint density at radius 3 is 2.70 bits per heavy atom. The van der Waals surface area contributed by atoms with Crippen LogP contribution in [0.25, 0.3) is 10.9 Å². The zero-order valence-corrected chi connectivity index (χ0v) is 15.5. The third-order valence-corrected chi connectivity index (χ3v) is 4.16. The Bertz CT molecular complexity index is 962. The number of urea groups is 1. The molecule has 0 saturated carbocycles. The van der Waals surface area contributed by atoms with Gasteiger partial charge in [0.1, 0.15) is 12.3 Å². The smallest absolute Gasteiger partial charge is 0.331 e. The highest BCUT2D eigenvalue weighted by atomic mass is 16.5. The van der Waals surface area contributed by atoms with E-state index in [-0.39, 0.29) is 18.5 Å². The zero-order chi connectivity index (χ0) is 19.2. The van der Waals surface area contributed by atoms with Crippen molar-refractivity contribution < 1.29 is 14.3 Å². The zero-order valence-electron chi connectivity index (χ0n) is 15.5. The van der Waals surface area contributed by atoms with Crippen LogP contribution in [0.4, 0.5) is 10.5 Å². The van der Waals surface area contributed by atoms with Gasteiger partial charge < -0.3 is 19.9 Å². The Labute approximate surface area is 158 Å². The van der Waals surface area contributed by atoms with Crippen molar-refractivity contribution in [3.8, 4) is 5.75 Å². The molecule has 1 heterocycles. The van der Waals surface area contributed by atoms with Gasteiger partial charge >= 0.3 is 12.0 Å². The SMILES string of the molecule is CCCNC(=O)Nc1cccc(OC(=O)Cn2c(C)cc3ccccc32)c1. The summed E-state index contributed by atoms with van der Waals surface area (Å²) in [7, 11) is 0. The molecule has 0 aliphatic heterocycles. The lowest BCUT2D eigenvalue weighted by Crippen LogP contribution is -2.29. The Morgan fingerprint density at radius 1 is 1.07 bits per heavy atom. The summed E-state index contributed by atoms with van der Waals surface area (Å²) in [6, 6.07) is 16.5. The molecule has 0 fully saturated rings. The predicted molar refractivity (Wildman–Crippen MR) is 106 cm³/mol. The number of anilines is 1. The highest BCUT2D eigenvalue weighted by Gasteiger charge is 2.12. The van der Waals surface area contributed by atoms with E-state index in [9.17, 15) is 9.59 Å². The van der Waals surface area contributed by atoms with Crippen molar-refractivity contribution in [3.63, 3.8) is 0 Å². The number of nitrogens with zero attached hydrogens (tertiary/aromatic N) is 1. The molecule has 2 amide bonds. The van der Waals surface area contributed by atoms with Crippen LogP contribution in [0.2, 0.25) is 0 Å². The average molecular weight is 365 g/mol. The van der Waals surface area contributed by atoms with Crippen LogP contribution < -0.4 is 15.4 Å². The normalized spacial score (nSPS) is 10.6. The number of ether oxygens (including phenoxy) is 1. The quantitative estimate of drug-likeness (QED) is 0.510. The molecule has 0 spiro atoms. The standard InChI is InChI=1S/C21H23N3O3/c1-3-11-22-21(26)23-17-8-6-9-18(13-17)27-20(25)14-24-15(2)12-16-7-4-5-10-19(16)24/h4-10,12-13H,3,11,14H2,1-2H3,(H2,22,23,26). The molecule has 140 valence electrons. The maximum atomic E-state index is 12.4. The van der Waals surface area contributed by atoms with Gasteiger partial charge in [0, 0.05) is 29.5 Å². The number of esters is 1. The van der Waals surface area contributed by atoms with Crippen LogP contribution in [-0.4, -0.2) is 23.1 Å². The Hall–Kier alpha value is -3.28. The van der Waals surface area contributed by atoms with E-state index >= 15 is 0 Å². The first-order chi connectivity index (χ1) is 13.1. The van der Waals surface area contributed by atoms with Crippen LogP contribution >= 0.6 is 0 Å². The third kappa shape index (κ3) is 4.67. The number of carbonyl (C=O) groups excluding carboxylic acids is 2.